The van der Waals surface area contributed by atoms with E-state index in [1.807, 2.05) is 4.90 Å². The van der Waals surface area contributed by atoms with Crippen molar-refractivity contribution in [1.82, 2.24) is 10.2 Å². The van der Waals surface area contributed by atoms with Gasteiger partial charge in [0.1, 0.15) is 6.61 Å². The van der Waals surface area contributed by atoms with Gasteiger partial charge in [-0.15, -0.1) is 0 Å². The normalized spacial score (nSPS) is 33.9. The van der Waals surface area contributed by atoms with Crippen molar-refractivity contribution in [3.63, 3.8) is 0 Å². The number of hydrogen-bond donors (Lipinski definition) is 1. The molecule has 4 fully saturated rings. The van der Waals surface area contributed by atoms with Crippen molar-refractivity contribution in [2.24, 2.45) is 5.92 Å². The minimum Gasteiger partial charge on any atom is -0.376 e. The number of amides is 2. The number of ether oxygens (including phenoxy) is 2. The van der Waals surface area contributed by atoms with Crippen molar-refractivity contribution in [3.05, 3.63) is 35.9 Å². The highest BCUT2D eigenvalue weighted by molar-refractivity contribution is 5.82. The summed E-state index contributed by atoms with van der Waals surface area (Å²) >= 11 is 0. The molecule has 4 aliphatic rings. The second kappa shape index (κ2) is 8.91. The first kappa shape index (κ1) is 21.0. The monoisotopic (exact) mass is 426 g/mol. The summed E-state index contributed by atoms with van der Waals surface area (Å²) in [6.45, 7) is 1.79. The van der Waals surface area contributed by atoms with Crippen molar-refractivity contribution in [2.75, 3.05) is 26.4 Å². The van der Waals surface area contributed by atoms with Crippen molar-refractivity contribution >= 4 is 11.8 Å². The molecule has 2 saturated carbocycles. The summed E-state index contributed by atoms with van der Waals surface area (Å²) in [5.74, 6) is 0.931. The smallest absolute Gasteiger partial charge is 0.246 e. The van der Waals surface area contributed by atoms with E-state index in [1.54, 1.807) is 0 Å². The number of morpholine rings is 1. The number of carbonyl (C=O) groups is 2. The number of nitrogens with zero attached hydrogens (tertiary/aromatic N) is 1. The Morgan fingerprint density at radius 2 is 1.90 bits per heavy atom. The first-order chi connectivity index (χ1) is 15.1. The third-order valence-electron chi connectivity index (χ3n) is 7.66. The highest BCUT2D eigenvalue weighted by Gasteiger charge is 2.51. The largest absolute Gasteiger partial charge is 0.376 e. The molecule has 0 radical (unpaired) electrons. The predicted molar refractivity (Wildman–Crippen MR) is 117 cm³/mol. The number of piperidine rings is 1. The fourth-order valence-electron chi connectivity index (χ4n) is 5.77. The molecule has 2 unspecified atom stereocenters. The molecule has 2 amide bonds. The third kappa shape index (κ3) is 4.51. The van der Waals surface area contributed by atoms with Gasteiger partial charge in [0.05, 0.1) is 30.9 Å². The zero-order valence-electron chi connectivity index (χ0n) is 18.3. The van der Waals surface area contributed by atoms with E-state index in [2.05, 4.69) is 35.6 Å². The van der Waals surface area contributed by atoms with Crippen LogP contribution >= 0.6 is 0 Å². The third-order valence-corrected chi connectivity index (χ3v) is 7.66. The van der Waals surface area contributed by atoms with E-state index in [1.165, 1.54) is 5.56 Å². The topological polar surface area (TPSA) is 67.9 Å². The lowest BCUT2D eigenvalue weighted by Crippen LogP contribution is -2.72. The van der Waals surface area contributed by atoms with Gasteiger partial charge in [0.15, 0.2) is 0 Å². The van der Waals surface area contributed by atoms with Crippen LogP contribution in [0.15, 0.2) is 30.3 Å². The van der Waals surface area contributed by atoms with Crippen LogP contribution in [-0.4, -0.2) is 60.8 Å². The summed E-state index contributed by atoms with van der Waals surface area (Å²) in [7, 11) is 0. The van der Waals surface area contributed by atoms with Crippen LogP contribution in [0.25, 0.3) is 0 Å². The van der Waals surface area contributed by atoms with Gasteiger partial charge in [-0.1, -0.05) is 30.3 Å². The number of likely N-dealkylation sites (tertiary alicyclic amines) is 1. The van der Waals surface area contributed by atoms with Crippen LogP contribution in [0.2, 0.25) is 0 Å². The number of benzene rings is 1. The Bertz CT molecular complexity index is 784. The van der Waals surface area contributed by atoms with E-state index in [4.69, 9.17) is 9.47 Å². The fourth-order valence-corrected chi connectivity index (χ4v) is 5.77. The summed E-state index contributed by atoms with van der Waals surface area (Å²) in [5.41, 5.74) is 0.912. The van der Waals surface area contributed by atoms with Gasteiger partial charge in [0, 0.05) is 12.5 Å². The molecular weight excluding hydrogens is 392 g/mol. The van der Waals surface area contributed by atoms with E-state index in [0.717, 1.165) is 57.9 Å². The molecule has 31 heavy (non-hydrogen) atoms. The minimum atomic E-state index is -0.515. The van der Waals surface area contributed by atoms with Crippen molar-refractivity contribution in [2.45, 2.75) is 75.0 Å². The van der Waals surface area contributed by atoms with Crippen LogP contribution < -0.4 is 5.32 Å². The second-order valence-electron chi connectivity index (χ2n) is 9.84. The van der Waals surface area contributed by atoms with Crippen LogP contribution in [0.1, 0.15) is 62.8 Å². The molecule has 168 valence electrons. The molecule has 2 aliphatic carbocycles. The van der Waals surface area contributed by atoms with Crippen LogP contribution in [0.4, 0.5) is 0 Å². The Morgan fingerprint density at radius 1 is 1.13 bits per heavy atom. The Balaban J connectivity index is 1.24. The zero-order chi connectivity index (χ0) is 21.3. The number of hydrogen-bond acceptors (Lipinski definition) is 4. The predicted octanol–water partition coefficient (Wildman–Crippen LogP) is 3.02. The minimum absolute atomic E-state index is 0.0830. The number of nitrogens with one attached hydrogen (secondary N) is 1. The van der Waals surface area contributed by atoms with E-state index < -0.39 is 5.54 Å². The average Bonchev–Trinajstić information content (AvgIpc) is 3.64. The fraction of sp³-hybridized carbons (Fsp3) is 0.680. The molecular formula is C25H34N2O4. The molecule has 1 N–H and O–H groups in total. The van der Waals surface area contributed by atoms with Gasteiger partial charge in [-0.2, -0.15) is 0 Å². The standard InChI is InChI=1S/C25H34N2O4/c28-23-16-30-17-25(26-23)13-4-14-27(24(29)20-7-8-20)22(25)15-31-21-11-9-19(10-12-21)18-5-2-1-3-6-18/h1-3,5-6,19-22H,4,7-17H2,(H,26,28). The Hall–Kier alpha value is -1.92. The molecule has 5 rings (SSSR count). The molecule has 0 bridgehead atoms. The highest BCUT2D eigenvalue weighted by Crippen LogP contribution is 2.38. The van der Waals surface area contributed by atoms with E-state index >= 15 is 0 Å². The van der Waals surface area contributed by atoms with Gasteiger partial charge in [0.2, 0.25) is 11.8 Å². The average molecular weight is 427 g/mol. The molecule has 0 aromatic heterocycles. The highest BCUT2D eigenvalue weighted by atomic mass is 16.5. The maximum atomic E-state index is 13.0. The van der Waals surface area contributed by atoms with E-state index in [9.17, 15) is 9.59 Å². The lowest BCUT2D eigenvalue weighted by molar-refractivity contribution is -0.156. The Morgan fingerprint density at radius 3 is 2.61 bits per heavy atom. The van der Waals surface area contributed by atoms with E-state index in [-0.39, 0.29) is 36.5 Å². The molecule has 6 heteroatoms. The maximum absolute atomic E-state index is 13.0. The summed E-state index contributed by atoms with van der Waals surface area (Å²) < 4.78 is 12.1. The Labute approximate surface area is 184 Å². The van der Waals surface area contributed by atoms with Gasteiger partial charge < -0.3 is 19.7 Å². The summed E-state index contributed by atoms with van der Waals surface area (Å²) in [6, 6.07) is 10.6. The van der Waals surface area contributed by atoms with Crippen LogP contribution in [-0.2, 0) is 19.1 Å². The lowest BCUT2D eigenvalue weighted by Gasteiger charge is -2.51. The first-order valence-electron chi connectivity index (χ1n) is 12.0. The summed E-state index contributed by atoms with van der Waals surface area (Å²) in [5, 5.41) is 3.20. The summed E-state index contributed by atoms with van der Waals surface area (Å²) in [6.07, 6.45) is 8.27. The first-order valence-corrected chi connectivity index (χ1v) is 12.0. The van der Waals surface area contributed by atoms with Gasteiger partial charge in [-0.25, -0.2) is 0 Å². The van der Waals surface area contributed by atoms with Crippen LogP contribution in [0.5, 0.6) is 0 Å². The molecule has 2 saturated heterocycles. The molecule has 1 aromatic rings. The Kier molecular flexibility index (Phi) is 6.02. The number of rotatable bonds is 5. The van der Waals surface area contributed by atoms with Gasteiger partial charge >= 0.3 is 0 Å². The van der Waals surface area contributed by atoms with Gasteiger partial charge in [-0.05, 0) is 62.8 Å². The summed E-state index contributed by atoms with van der Waals surface area (Å²) in [4.78, 5) is 27.3. The molecule has 6 nitrogen and oxygen atoms in total. The molecule has 2 atom stereocenters. The quantitative estimate of drug-likeness (QED) is 0.786. The van der Waals surface area contributed by atoms with Crippen molar-refractivity contribution in [3.8, 4) is 0 Å². The second-order valence-corrected chi connectivity index (χ2v) is 9.84. The van der Waals surface area contributed by atoms with E-state index in [0.29, 0.717) is 19.1 Å². The maximum Gasteiger partial charge on any atom is 0.246 e. The number of carbonyl (C=O) groups excluding carboxylic acids is 2. The van der Waals surface area contributed by atoms with Gasteiger partial charge in [0.25, 0.3) is 0 Å². The molecule has 1 aromatic carbocycles. The van der Waals surface area contributed by atoms with Gasteiger partial charge in [-0.3, -0.25) is 9.59 Å². The molecule has 1 spiro atoms. The zero-order valence-corrected chi connectivity index (χ0v) is 18.3. The van der Waals surface area contributed by atoms with Crippen molar-refractivity contribution < 1.29 is 19.1 Å². The molecule has 2 aliphatic heterocycles. The lowest BCUT2D eigenvalue weighted by atomic mass is 9.80. The SMILES string of the molecule is O=C1COCC2(CCCN(C(=O)C3CC3)C2COC2CCC(c3ccccc3)CC2)N1. The van der Waals surface area contributed by atoms with Crippen molar-refractivity contribution in [1.29, 1.82) is 0 Å². The van der Waals surface area contributed by atoms with Crippen LogP contribution in [0, 0.1) is 5.92 Å². The van der Waals surface area contributed by atoms with Crippen LogP contribution in [0.3, 0.4) is 0 Å². The molecule has 2 heterocycles.